The number of carboxylic acid groups (broad SMARTS) is 1. The predicted octanol–water partition coefficient (Wildman–Crippen LogP) is 3.09. The van der Waals surface area contributed by atoms with E-state index in [1.165, 1.54) is 11.3 Å². The van der Waals surface area contributed by atoms with Gasteiger partial charge in [-0.3, -0.25) is 9.69 Å². The smallest absolute Gasteiger partial charge is 0.360 e. The van der Waals surface area contributed by atoms with Crippen LogP contribution in [0.2, 0.25) is 0 Å². The van der Waals surface area contributed by atoms with Crippen molar-refractivity contribution in [1.82, 2.24) is 9.88 Å². The van der Waals surface area contributed by atoms with E-state index in [-0.39, 0.29) is 11.6 Å². The Morgan fingerprint density at radius 2 is 2.04 bits per heavy atom. The van der Waals surface area contributed by atoms with Crippen molar-refractivity contribution in [3.05, 3.63) is 28.8 Å². The number of benzene rings is 1. The molecule has 25 heavy (non-hydrogen) atoms. The minimum atomic E-state index is -1.99. The van der Waals surface area contributed by atoms with Crippen molar-refractivity contribution in [2.24, 2.45) is 0 Å². The number of fused-ring (bicyclic) bond motifs is 1. The SMILES string of the molecule is CCOC(C(=O)O)(C(=O)c1nc2ccc(C)cc2s1)N1CCCCC1. The molecule has 1 saturated heterocycles. The van der Waals surface area contributed by atoms with Crippen molar-refractivity contribution in [3.8, 4) is 0 Å². The number of hydrogen-bond donors (Lipinski definition) is 1. The van der Waals surface area contributed by atoms with Crippen LogP contribution in [0.4, 0.5) is 0 Å². The predicted molar refractivity (Wildman–Crippen MR) is 96.1 cm³/mol. The lowest BCUT2D eigenvalue weighted by Gasteiger charge is -2.40. The van der Waals surface area contributed by atoms with Gasteiger partial charge in [0, 0.05) is 19.7 Å². The van der Waals surface area contributed by atoms with E-state index in [2.05, 4.69) is 4.98 Å². The fourth-order valence-electron chi connectivity index (χ4n) is 3.29. The van der Waals surface area contributed by atoms with Gasteiger partial charge in [-0.1, -0.05) is 12.5 Å². The molecule has 1 fully saturated rings. The fourth-order valence-corrected chi connectivity index (χ4v) is 4.33. The number of Topliss-reactive ketones (excluding diaryl/α,β-unsaturated/α-hetero) is 1. The number of ether oxygens (including phenoxy) is 1. The van der Waals surface area contributed by atoms with Gasteiger partial charge in [0.15, 0.2) is 5.01 Å². The number of hydrogen-bond acceptors (Lipinski definition) is 6. The number of piperidine rings is 1. The molecule has 0 spiro atoms. The summed E-state index contributed by atoms with van der Waals surface area (Å²) in [6, 6.07) is 5.73. The Morgan fingerprint density at radius 3 is 2.68 bits per heavy atom. The van der Waals surface area contributed by atoms with Crippen molar-refractivity contribution < 1.29 is 19.4 Å². The first-order valence-corrected chi connectivity index (χ1v) is 9.35. The van der Waals surface area contributed by atoms with Gasteiger partial charge < -0.3 is 9.84 Å². The maximum absolute atomic E-state index is 13.3. The molecule has 6 nitrogen and oxygen atoms in total. The number of aliphatic carboxylic acids is 1. The molecule has 1 N–H and O–H groups in total. The van der Waals surface area contributed by atoms with Gasteiger partial charge in [0.25, 0.3) is 5.72 Å². The molecule has 1 aromatic heterocycles. The van der Waals surface area contributed by atoms with Crippen molar-refractivity contribution in [3.63, 3.8) is 0 Å². The van der Waals surface area contributed by atoms with E-state index in [1.807, 2.05) is 25.1 Å². The highest BCUT2D eigenvalue weighted by Gasteiger charge is 2.54. The summed E-state index contributed by atoms with van der Waals surface area (Å²) >= 11 is 1.22. The molecular formula is C18H22N2O4S. The van der Waals surface area contributed by atoms with Crippen LogP contribution in [0.3, 0.4) is 0 Å². The van der Waals surface area contributed by atoms with Crippen molar-refractivity contribution in [2.75, 3.05) is 19.7 Å². The first-order valence-electron chi connectivity index (χ1n) is 8.53. The maximum Gasteiger partial charge on any atom is 0.360 e. The average Bonchev–Trinajstić information content (AvgIpc) is 3.02. The summed E-state index contributed by atoms with van der Waals surface area (Å²) < 4.78 is 6.48. The minimum absolute atomic E-state index is 0.137. The molecule has 1 atom stereocenters. The summed E-state index contributed by atoms with van der Waals surface area (Å²) in [5.74, 6) is -1.85. The number of ketones is 1. The van der Waals surface area contributed by atoms with E-state index < -0.39 is 17.5 Å². The Bertz CT molecular complexity index is 797. The van der Waals surface area contributed by atoms with Crippen LogP contribution in [-0.4, -0.2) is 52.2 Å². The molecule has 1 aliphatic heterocycles. The van der Waals surface area contributed by atoms with Crippen molar-refractivity contribution >= 4 is 33.3 Å². The highest BCUT2D eigenvalue weighted by Crippen LogP contribution is 2.31. The average molecular weight is 362 g/mol. The maximum atomic E-state index is 13.3. The lowest BCUT2D eigenvalue weighted by molar-refractivity contribution is -0.184. The largest absolute Gasteiger partial charge is 0.478 e. The Hall–Kier alpha value is -1.83. The van der Waals surface area contributed by atoms with Crippen LogP contribution >= 0.6 is 11.3 Å². The topological polar surface area (TPSA) is 79.7 Å². The van der Waals surface area contributed by atoms with E-state index in [9.17, 15) is 14.7 Å². The quantitative estimate of drug-likeness (QED) is 0.628. The highest BCUT2D eigenvalue weighted by atomic mass is 32.1. The van der Waals surface area contributed by atoms with Crippen LogP contribution in [0, 0.1) is 6.92 Å². The third kappa shape index (κ3) is 3.19. The number of rotatable bonds is 6. The lowest BCUT2D eigenvalue weighted by atomic mass is 10.0. The second-order valence-electron chi connectivity index (χ2n) is 6.25. The number of carbonyl (C=O) groups is 2. The molecule has 134 valence electrons. The van der Waals surface area contributed by atoms with E-state index >= 15 is 0 Å². The van der Waals surface area contributed by atoms with Crippen LogP contribution < -0.4 is 0 Å². The second kappa shape index (κ2) is 7.19. The van der Waals surface area contributed by atoms with Gasteiger partial charge in [0.05, 0.1) is 10.2 Å². The van der Waals surface area contributed by atoms with Gasteiger partial charge in [0.1, 0.15) is 0 Å². The first kappa shape index (κ1) is 18.0. The van der Waals surface area contributed by atoms with E-state index in [0.717, 1.165) is 29.5 Å². The number of likely N-dealkylation sites (tertiary alicyclic amines) is 1. The van der Waals surface area contributed by atoms with Crippen molar-refractivity contribution in [1.29, 1.82) is 0 Å². The molecule has 1 aromatic carbocycles. The Morgan fingerprint density at radius 1 is 1.32 bits per heavy atom. The molecule has 0 radical (unpaired) electrons. The monoisotopic (exact) mass is 362 g/mol. The summed E-state index contributed by atoms with van der Waals surface area (Å²) in [7, 11) is 0. The van der Waals surface area contributed by atoms with Gasteiger partial charge in [-0.25, -0.2) is 9.78 Å². The molecule has 0 amide bonds. The summed E-state index contributed by atoms with van der Waals surface area (Å²) in [4.78, 5) is 31.5. The lowest BCUT2D eigenvalue weighted by Crippen LogP contribution is -2.63. The Kier molecular flexibility index (Phi) is 5.17. The summed E-state index contributed by atoms with van der Waals surface area (Å²) in [6.45, 7) is 4.87. The van der Waals surface area contributed by atoms with Gasteiger partial charge >= 0.3 is 5.97 Å². The third-order valence-corrected chi connectivity index (χ3v) is 5.51. The van der Waals surface area contributed by atoms with E-state index in [4.69, 9.17) is 4.74 Å². The van der Waals surface area contributed by atoms with Gasteiger partial charge in [-0.15, -0.1) is 11.3 Å². The summed E-state index contributed by atoms with van der Waals surface area (Å²) in [5.41, 5.74) is -0.216. The zero-order chi connectivity index (χ0) is 18.0. The van der Waals surface area contributed by atoms with Crippen LogP contribution in [0.1, 0.15) is 41.6 Å². The molecule has 1 unspecified atom stereocenters. The number of aryl methyl sites for hydroxylation is 1. The standard InChI is InChI=1S/C18H22N2O4S/c1-3-24-18(17(22)23,20-9-5-4-6-10-20)15(21)16-19-13-8-7-12(2)11-14(13)25-16/h7-8,11H,3-6,9-10H2,1-2H3,(H,22,23). The summed E-state index contributed by atoms with van der Waals surface area (Å²) in [5, 5.41) is 10.1. The molecule has 3 rings (SSSR count). The van der Waals surface area contributed by atoms with Crippen LogP contribution in [0.5, 0.6) is 0 Å². The second-order valence-corrected chi connectivity index (χ2v) is 7.28. The number of thiazole rings is 1. The molecule has 2 aromatic rings. The van der Waals surface area contributed by atoms with Crippen LogP contribution in [0.25, 0.3) is 10.2 Å². The zero-order valence-electron chi connectivity index (χ0n) is 14.4. The Labute approximate surface area is 150 Å². The van der Waals surface area contributed by atoms with Crippen LogP contribution in [0.15, 0.2) is 18.2 Å². The normalized spacial score (nSPS) is 18.2. The molecule has 0 bridgehead atoms. The number of carboxylic acids is 1. The zero-order valence-corrected chi connectivity index (χ0v) is 15.3. The Balaban J connectivity index is 2.06. The van der Waals surface area contributed by atoms with Gasteiger partial charge in [-0.2, -0.15) is 0 Å². The molecule has 0 aliphatic carbocycles. The van der Waals surface area contributed by atoms with Crippen LogP contribution in [-0.2, 0) is 9.53 Å². The molecule has 7 heteroatoms. The van der Waals surface area contributed by atoms with Crippen molar-refractivity contribution in [2.45, 2.75) is 38.8 Å². The minimum Gasteiger partial charge on any atom is -0.478 e. The third-order valence-electron chi connectivity index (χ3n) is 4.49. The molecule has 1 aliphatic rings. The number of nitrogens with zero attached hydrogens (tertiary/aromatic N) is 2. The molecule has 0 saturated carbocycles. The first-order chi connectivity index (χ1) is 12.0. The molecular weight excluding hydrogens is 340 g/mol. The fraction of sp³-hybridized carbons (Fsp3) is 0.500. The van der Waals surface area contributed by atoms with Gasteiger partial charge in [0.2, 0.25) is 5.78 Å². The number of carbonyl (C=O) groups excluding carboxylic acids is 1. The van der Waals surface area contributed by atoms with E-state index in [1.54, 1.807) is 11.8 Å². The molecule has 2 heterocycles. The number of aromatic nitrogens is 1. The highest BCUT2D eigenvalue weighted by molar-refractivity contribution is 7.20. The summed E-state index contributed by atoms with van der Waals surface area (Å²) in [6.07, 6.45) is 2.75. The van der Waals surface area contributed by atoms with E-state index in [0.29, 0.717) is 18.6 Å². The van der Waals surface area contributed by atoms with Gasteiger partial charge in [-0.05, 0) is 44.4 Å².